The summed E-state index contributed by atoms with van der Waals surface area (Å²) in [4.78, 5) is 39.7. The van der Waals surface area contributed by atoms with Crippen molar-refractivity contribution in [2.24, 2.45) is 35.5 Å². The molecule has 158 valence electrons. The molecule has 3 fully saturated rings. The Bertz CT molecular complexity index is 871. The van der Waals surface area contributed by atoms with Gasteiger partial charge in [-0.05, 0) is 61.0 Å². The van der Waals surface area contributed by atoms with Crippen molar-refractivity contribution in [2.75, 3.05) is 11.9 Å². The topological polar surface area (TPSA) is 66.5 Å². The van der Waals surface area contributed by atoms with Crippen LogP contribution in [0.4, 0.5) is 5.69 Å². The molecule has 2 saturated carbocycles. The fourth-order valence-corrected chi connectivity index (χ4v) is 6.13. The van der Waals surface area contributed by atoms with Crippen molar-refractivity contribution in [3.05, 3.63) is 42.0 Å². The number of likely N-dealkylation sites (tertiary alicyclic amines) is 1. The molecule has 3 amide bonds. The van der Waals surface area contributed by atoms with Crippen LogP contribution in [0.1, 0.15) is 44.6 Å². The molecule has 30 heavy (non-hydrogen) atoms. The Labute approximate surface area is 177 Å². The van der Waals surface area contributed by atoms with E-state index in [0.717, 1.165) is 36.9 Å². The zero-order chi connectivity index (χ0) is 20.8. The molecule has 1 aromatic carbocycles. The van der Waals surface area contributed by atoms with Gasteiger partial charge in [-0.3, -0.25) is 19.3 Å². The second-order valence-corrected chi connectivity index (χ2v) is 9.35. The molecular weight excluding hydrogens is 376 g/mol. The van der Waals surface area contributed by atoms with Crippen molar-refractivity contribution in [3.8, 4) is 0 Å². The molecule has 0 radical (unpaired) electrons. The number of nitrogens with one attached hydrogen (secondary N) is 1. The number of imide groups is 1. The first-order chi connectivity index (χ1) is 14.6. The van der Waals surface area contributed by atoms with Crippen LogP contribution in [-0.4, -0.2) is 29.2 Å². The largest absolute Gasteiger partial charge is 0.326 e. The smallest absolute Gasteiger partial charge is 0.233 e. The Morgan fingerprint density at radius 1 is 1.00 bits per heavy atom. The van der Waals surface area contributed by atoms with Gasteiger partial charge in [0, 0.05) is 18.7 Å². The molecule has 1 aliphatic heterocycles. The lowest BCUT2D eigenvalue weighted by Gasteiger charge is -2.37. The van der Waals surface area contributed by atoms with Crippen molar-refractivity contribution in [1.82, 2.24) is 4.90 Å². The van der Waals surface area contributed by atoms with E-state index in [-0.39, 0.29) is 29.6 Å². The number of carbonyl (C=O) groups is 3. The molecule has 0 spiro atoms. The van der Waals surface area contributed by atoms with E-state index in [9.17, 15) is 14.4 Å². The Morgan fingerprint density at radius 2 is 1.67 bits per heavy atom. The van der Waals surface area contributed by atoms with Crippen LogP contribution in [0.25, 0.3) is 0 Å². The summed E-state index contributed by atoms with van der Waals surface area (Å²) in [6.07, 6.45) is 9.34. The zero-order valence-corrected chi connectivity index (χ0v) is 17.5. The molecule has 4 aliphatic carbocycles. The number of para-hydroxylation sites is 1. The second kappa shape index (κ2) is 7.68. The van der Waals surface area contributed by atoms with Gasteiger partial charge in [-0.15, -0.1) is 0 Å². The number of nitrogens with zero attached hydrogens (tertiary/aromatic N) is 1. The minimum atomic E-state index is -0.0966. The Hall–Kier alpha value is -2.43. The first-order valence-corrected chi connectivity index (χ1v) is 11.5. The maximum Gasteiger partial charge on any atom is 0.233 e. The van der Waals surface area contributed by atoms with E-state index >= 15 is 0 Å². The number of anilines is 1. The van der Waals surface area contributed by atoms with Gasteiger partial charge in [-0.1, -0.05) is 43.7 Å². The first kappa shape index (κ1) is 19.5. The predicted octanol–water partition coefficient (Wildman–Crippen LogP) is 3.80. The van der Waals surface area contributed by atoms with Crippen molar-refractivity contribution in [3.63, 3.8) is 0 Å². The number of hydrogen-bond donors (Lipinski definition) is 1. The number of aryl methyl sites for hydroxylation is 1. The Balaban J connectivity index is 1.08. The highest BCUT2D eigenvalue weighted by Crippen LogP contribution is 2.65. The van der Waals surface area contributed by atoms with Gasteiger partial charge in [-0.25, -0.2) is 0 Å². The molecule has 1 saturated heterocycles. The van der Waals surface area contributed by atoms with E-state index in [1.54, 1.807) is 0 Å². The summed E-state index contributed by atoms with van der Waals surface area (Å²) < 4.78 is 0. The number of allylic oxidation sites excluding steroid dienone is 2. The van der Waals surface area contributed by atoms with Crippen LogP contribution in [0.2, 0.25) is 0 Å². The molecule has 5 nitrogen and oxygen atoms in total. The minimum Gasteiger partial charge on any atom is -0.326 e. The van der Waals surface area contributed by atoms with Crippen molar-refractivity contribution in [1.29, 1.82) is 0 Å². The molecule has 1 heterocycles. The van der Waals surface area contributed by atoms with Gasteiger partial charge >= 0.3 is 0 Å². The predicted molar refractivity (Wildman–Crippen MR) is 114 cm³/mol. The van der Waals surface area contributed by atoms with E-state index in [1.165, 1.54) is 11.3 Å². The monoisotopic (exact) mass is 406 g/mol. The molecule has 5 heteroatoms. The van der Waals surface area contributed by atoms with Gasteiger partial charge < -0.3 is 5.32 Å². The molecular formula is C25H30N2O3. The van der Waals surface area contributed by atoms with E-state index in [4.69, 9.17) is 0 Å². The lowest BCUT2D eigenvalue weighted by atomic mass is 9.63. The summed E-state index contributed by atoms with van der Waals surface area (Å²) in [5, 5.41) is 3.00. The molecule has 6 unspecified atom stereocenters. The van der Waals surface area contributed by atoms with E-state index in [1.807, 2.05) is 24.3 Å². The average molecular weight is 407 g/mol. The van der Waals surface area contributed by atoms with Gasteiger partial charge in [-0.2, -0.15) is 0 Å². The standard InChI is InChI=1S/C25H30N2O3/c1-2-15-8-5-6-9-20(15)26-21(28)10-4-3-7-13-27-24(29)22-16-11-12-17(19-14-18(16)19)23(22)25(27)30/h5-6,8-9,11-12,16-19,22-23H,2-4,7,10,13-14H2,1H3,(H,26,28). The summed E-state index contributed by atoms with van der Waals surface area (Å²) in [7, 11) is 0. The van der Waals surface area contributed by atoms with E-state index < -0.39 is 0 Å². The highest BCUT2D eigenvalue weighted by atomic mass is 16.2. The van der Waals surface area contributed by atoms with Crippen molar-refractivity contribution >= 4 is 23.4 Å². The lowest BCUT2D eigenvalue weighted by Crippen LogP contribution is -2.40. The van der Waals surface area contributed by atoms with Crippen LogP contribution in [0.3, 0.4) is 0 Å². The fourth-order valence-electron chi connectivity index (χ4n) is 6.13. The van der Waals surface area contributed by atoms with Crippen LogP contribution in [0.15, 0.2) is 36.4 Å². The minimum absolute atomic E-state index is 0.0251. The quantitative estimate of drug-likeness (QED) is 0.406. The number of hydrogen-bond acceptors (Lipinski definition) is 3. The second-order valence-electron chi connectivity index (χ2n) is 9.35. The molecule has 1 N–H and O–H groups in total. The SMILES string of the molecule is CCc1ccccc1NC(=O)CCCCCN1C(=O)C2C3C=CC(C4CC34)C2C1=O. The molecule has 5 aliphatic rings. The highest BCUT2D eigenvalue weighted by molar-refractivity contribution is 6.06. The van der Waals surface area contributed by atoms with Crippen molar-refractivity contribution < 1.29 is 14.4 Å². The van der Waals surface area contributed by atoms with Gasteiger partial charge in [0.25, 0.3) is 0 Å². The maximum absolute atomic E-state index is 12.9. The third-order valence-corrected chi connectivity index (χ3v) is 7.71. The Kier molecular flexibility index (Phi) is 5.00. The number of carbonyl (C=O) groups excluding carboxylic acids is 3. The summed E-state index contributed by atoms with van der Waals surface area (Å²) in [6, 6.07) is 7.88. The number of benzene rings is 1. The lowest BCUT2D eigenvalue weighted by molar-refractivity contribution is -0.140. The number of amides is 3. The summed E-state index contributed by atoms with van der Waals surface area (Å²) in [6.45, 7) is 2.58. The third-order valence-electron chi connectivity index (χ3n) is 7.71. The summed E-state index contributed by atoms with van der Waals surface area (Å²) in [5.41, 5.74) is 2.03. The van der Waals surface area contributed by atoms with Crippen LogP contribution >= 0.6 is 0 Å². The van der Waals surface area contributed by atoms with Gasteiger partial charge in [0.2, 0.25) is 17.7 Å². The average Bonchev–Trinajstić information content (AvgIpc) is 3.54. The molecule has 6 atom stereocenters. The van der Waals surface area contributed by atoms with Crippen LogP contribution < -0.4 is 5.32 Å². The highest BCUT2D eigenvalue weighted by Gasteiger charge is 2.66. The zero-order valence-electron chi connectivity index (χ0n) is 17.5. The summed E-state index contributed by atoms with van der Waals surface area (Å²) in [5.74, 6) is 1.83. The third kappa shape index (κ3) is 3.19. The van der Waals surface area contributed by atoms with Crippen LogP contribution in [0, 0.1) is 35.5 Å². The van der Waals surface area contributed by atoms with E-state index in [2.05, 4.69) is 24.4 Å². The molecule has 6 rings (SSSR count). The van der Waals surface area contributed by atoms with Gasteiger partial charge in [0.05, 0.1) is 11.8 Å². The van der Waals surface area contributed by atoms with Crippen molar-refractivity contribution in [2.45, 2.75) is 45.4 Å². The van der Waals surface area contributed by atoms with Gasteiger partial charge in [0.1, 0.15) is 0 Å². The first-order valence-electron chi connectivity index (χ1n) is 11.5. The fraction of sp³-hybridized carbons (Fsp3) is 0.560. The van der Waals surface area contributed by atoms with Crippen LogP contribution in [-0.2, 0) is 20.8 Å². The number of unbranched alkanes of at least 4 members (excludes halogenated alkanes) is 2. The maximum atomic E-state index is 12.9. The Morgan fingerprint density at radius 3 is 2.33 bits per heavy atom. The van der Waals surface area contributed by atoms with Crippen LogP contribution in [0.5, 0.6) is 0 Å². The molecule has 1 aromatic rings. The summed E-state index contributed by atoms with van der Waals surface area (Å²) >= 11 is 0. The number of rotatable bonds is 8. The van der Waals surface area contributed by atoms with E-state index in [0.29, 0.717) is 36.6 Å². The normalized spacial score (nSPS) is 32.9. The molecule has 0 aromatic heterocycles. The van der Waals surface area contributed by atoms with Gasteiger partial charge in [0.15, 0.2) is 0 Å². The molecule has 2 bridgehead atoms.